The van der Waals surface area contributed by atoms with Crippen molar-refractivity contribution in [3.8, 4) is 5.00 Å². The number of halogens is 1. The number of fused-ring (bicyclic) bond motifs is 3. The molecule has 0 aromatic carbocycles. The van der Waals surface area contributed by atoms with E-state index in [0.717, 1.165) is 25.7 Å². The second-order valence-electron chi connectivity index (χ2n) is 4.59. The molecule has 0 radical (unpaired) electrons. The van der Waals surface area contributed by atoms with E-state index in [0.29, 0.717) is 12.4 Å². The third-order valence-electron chi connectivity index (χ3n) is 3.21. The first kappa shape index (κ1) is 13.7. The lowest BCUT2D eigenvalue weighted by molar-refractivity contribution is -0.140. The van der Waals surface area contributed by atoms with Crippen LogP contribution in [-0.2, 0) is 16.1 Å². The van der Waals surface area contributed by atoms with Crippen LogP contribution in [0.15, 0.2) is 4.47 Å². The van der Waals surface area contributed by atoms with Crippen LogP contribution >= 0.6 is 27.3 Å². The normalized spacial score (nSPS) is 17.4. The zero-order valence-electron chi connectivity index (χ0n) is 10.9. The Hall–Kier alpha value is -1.25. The molecule has 1 aliphatic heterocycles. The van der Waals surface area contributed by atoms with Gasteiger partial charge in [0.25, 0.3) is 0 Å². The molecule has 0 fully saturated rings. The van der Waals surface area contributed by atoms with Crippen LogP contribution in [0.25, 0.3) is 5.00 Å². The van der Waals surface area contributed by atoms with Gasteiger partial charge in [-0.1, -0.05) is 0 Å². The molecule has 0 bridgehead atoms. The first-order valence-electron chi connectivity index (χ1n) is 6.02. The van der Waals surface area contributed by atoms with Gasteiger partial charge in [0.1, 0.15) is 16.9 Å². The molecule has 0 saturated heterocycles. The second-order valence-corrected chi connectivity index (χ2v) is 6.59. The van der Waals surface area contributed by atoms with Crippen LogP contribution in [-0.4, -0.2) is 25.8 Å². The van der Waals surface area contributed by atoms with Crippen molar-refractivity contribution in [2.75, 3.05) is 0 Å². The van der Waals surface area contributed by atoms with Crippen molar-refractivity contribution in [2.24, 2.45) is 0 Å². The first-order valence-corrected chi connectivity index (χ1v) is 7.63. The number of thiophene rings is 1. The van der Waals surface area contributed by atoms with Crippen LogP contribution in [0.1, 0.15) is 34.6 Å². The van der Waals surface area contributed by atoms with E-state index in [2.05, 4.69) is 26.1 Å². The number of aliphatic carboxylic acids is 1. The fraction of sp³-hybridized carbons (Fsp3) is 0.417. The van der Waals surface area contributed by atoms with Crippen LogP contribution in [0.5, 0.6) is 0 Å². The number of hydrogen-bond acceptors (Lipinski definition) is 5. The number of ether oxygens (including phenoxy) is 1. The Morgan fingerprint density at radius 1 is 1.55 bits per heavy atom. The van der Waals surface area contributed by atoms with E-state index in [4.69, 9.17) is 9.84 Å². The lowest BCUT2D eigenvalue weighted by Gasteiger charge is -2.12. The summed E-state index contributed by atoms with van der Waals surface area (Å²) in [6, 6.07) is 0. The zero-order chi connectivity index (χ0) is 14.4. The summed E-state index contributed by atoms with van der Waals surface area (Å²) < 4.78 is 8.65. The highest BCUT2D eigenvalue weighted by molar-refractivity contribution is 9.10. The van der Waals surface area contributed by atoms with Crippen molar-refractivity contribution < 1.29 is 14.6 Å². The largest absolute Gasteiger partial charge is 0.481 e. The molecular formula is C12H12BrN3O3S. The Morgan fingerprint density at radius 2 is 2.30 bits per heavy atom. The molecule has 0 saturated carbocycles. The second kappa shape index (κ2) is 4.94. The van der Waals surface area contributed by atoms with Gasteiger partial charge >= 0.3 is 5.97 Å². The fourth-order valence-electron chi connectivity index (χ4n) is 2.27. The average Bonchev–Trinajstić information content (AvgIpc) is 2.82. The summed E-state index contributed by atoms with van der Waals surface area (Å²) in [7, 11) is 0. The SMILES string of the molecule is Cc1sc2c(c1Br)COC(CC(=O)O)c1nnc(C)n1-2. The van der Waals surface area contributed by atoms with Crippen molar-refractivity contribution in [3.63, 3.8) is 0 Å². The predicted molar refractivity (Wildman–Crippen MR) is 76.2 cm³/mol. The molecule has 1 N–H and O–H groups in total. The minimum absolute atomic E-state index is 0.121. The molecule has 1 atom stereocenters. The molecule has 0 aliphatic carbocycles. The van der Waals surface area contributed by atoms with E-state index >= 15 is 0 Å². The third-order valence-corrected chi connectivity index (χ3v) is 5.68. The molecule has 0 amide bonds. The van der Waals surface area contributed by atoms with Crippen molar-refractivity contribution in [1.29, 1.82) is 0 Å². The summed E-state index contributed by atoms with van der Waals surface area (Å²) in [5.41, 5.74) is 1.02. The van der Waals surface area contributed by atoms with Gasteiger partial charge in [-0.25, -0.2) is 0 Å². The summed E-state index contributed by atoms with van der Waals surface area (Å²) in [5.74, 6) is 0.371. The smallest absolute Gasteiger partial charge is 0.306 e. The van der Waals surface area contributed by atoms with E-state index < -0.39 is 12.1 Å². The Labute approximate surface area is 127 Å². The fourth-order valence-corrected chi connectivity index (χ4v) is 4.05. The summed E-state index contributed by atoms with van der Waals surface area (Å²) in [6.45, 7) is 4.24. The number of carboxylic acids is 1. The quantitative estimate of drug-likeness (QED) is 0.893. The predicted octanol–water partition coefficient (Wildman–Crippen LogP) is 2.75. The van der Waals surface area contributed by atoms with Crippen LogP contribution < -0.4 is 0 Å². The molecule has 2 aromatic rings. The lowest BCUT2D eigenvalue weighted by Crippen LogP contribution is -2.12. The van der Waals surface area contributed by atoms with Gasteiger partial charge in [0, 0.05) is 14.9 Å². The maximum atomic E-state index is 11.0. The number of aryl methyl sites for hydroxylation is 2. The molecule has 8 heteroatoms. The molecular weight excluding hydrogens is 346 g/mol. The number of rotatable bonds is 2. The standard InChI is InChI=1S/C12H12BrN3O3S/c1-5-10(13)7-4-19-8(3-9(17)18)11-15-14-6(2)16(11)12(7)20-5/h8H,3-4H2,1-2H3,(H,17,18). The van der Waals surface area contributed by atoms with Crippen LogP contribution in [0.2, 0.25) is 0 Å². The van der Waals surface area contributed by atoms with Crippen molar-refractivity contribution in [3.05, 3.63) is 26.6 Å². The summed E-state index contributed by atoms with van der Waals surface area (Å²) in [4.78, 5) is 12.1. The molecule has 0 spiro atoms. The molecule has 6 nitrogen and oxygen atoms in total. The number of carboxylic acid groups (broad SMARTS) is 1. The number of carbonyl (C=O) groups is 1. The molecule has 1 aliphatic rings. The molecule has 3 rings (SSSR count). The van der Waals surface area contributed by atoms with E-state index in [1.165, 1.54) is 0 Å². The highest BCUT2D eigenvalue weighted by Gasteiger charge is 2.31. The Morgan fingerprint density at radius 3 is 3.00 bits per heavy atom. The number of aromatic nitrogens is 3. The van der Waals surface area contributed by atoms with Gasteiger partial charge in [0.05, 0.1) is 13.0 Å². The minimum Gasteiger partial charge on any atom is -0.481 e. The van der Waals surface area contributed by atoms with Gasteiger partial charge < -0.3 is 9.84 Å². The van der Waals surface area contributed by atoms with E-state index in [-0.39, 0.29) is 6.42 Å². The number of hydrogen-bond donors (Lipinski definition) is 1. The van der Waals surface area contributed by atoms with Gasteiger partial charge in [0.15, 0.2) is 5.82 Å². The highest BCUT2D eigenvalue weighted by Crippen LogP contribution is 2.41. The van der Waals surface area contributed by atoms with Crippen molar-refractivity contribution >= 4 is 33.2 Å². The van der Waals surface area contributed by atoms with E-state index in [1.807, 2.05) is 18.4 Å². The molecule has 1 unspecified atom stereocenters. The Bertz CT molecular complexity index is 694. The van der Waals surface area contributed by atoms with Gasteiger partial charge in [-0.15, -0.1) is 21.5 Å². The minimum atomic E-state index is -0.914. The van der Waals surface area contributed by atoms with Gasteiger partial charge in [-0.2, -0.15) is 0 Å². The summed E-state index contributed by atoms with van der Waals surface area (Å²) in [5, 5.41) is 18.2. The van der Waals surface area contributed by atoms with Gasteiger partial charge in [-0.05, 0) is 29.8 Å². The lowest BCUT2D eigenvalue weighted by atomic mass is 10.2. The van der Waals surface area contributed by atoms with Crippen LogP contribution in [0.4, 0.5) is 0 Å². The molecule has 3 heterocycles. The van der Waals surface area contributed by atoms with Crippen LogP contribution in [0.3, 0.4) is 0 Å². The Kier molecular flexibility index (Phi) is 3.39. The van der Waals surface area contributed by atoms with E-state index in [9.17, 15) is 4.79 Å². The van der Waals surface area contributed by atoms with Crippen molar-refractivity contribution in [1.82, 2.24) is 14.8 Å². The highest BCUT2D eigenvalue weighted by atomic mass is 79.9. The maximum absolute atomic E-state index is 11.0. The van der Waals surface area contributed by atoms with Gasteiger partial charge in [-0.3, -0.25) is 9.36 Å². The van der Waals surface area contributed by atoms with Crippen molar-refractivity contribution in [2.45, 2.75) is 33.0 Å². The zero-order valence-corrected chi connectivity index (χ0v) is 13.3. The molecule has 20 heavy (non-hydrogen) atoms. The topological polar surface area (TPSA) is 77.2 Å². The van der Waals surface area contributed by atoms with Crippen LogP contribution in [0, 0.1) is 13.8 Å². The van der Waals surface area contributed by atoms with E-state index in [1.54, 1.807) is 11.3 Å². The molecule has 106 valence electrons. The average molecular weight is 358 g/mol. The number of nitrogens with zero attached hydrogens (tertiary/aromatic N) is 3. The summed E-state index contributed by atoms with van der Waals surface area (Å²) >= 11 is 5.19. The molecule has 2 aromatic heterocycles. The third kappa shape index (κ3) is 2.07. The Balaban J connectivity index is 2.17. The monoisotopic (exact) mass is 357 g/mol. The summed E-state index contributed by atoms with van der Waals surface area (Å²) in [6.07, 6.45) is -0.704. The van der Waals surface area contributed by atoms with Gasteiger partial charge in [0.2, 0.25) is 0 Å². The first-order chi connectivity index (χ1) is 9.49. The maximum Gasteiger partial charge on any atom is 0.306 e.